The maximum absolute atomic E-state index is 13.5. The minimum atomic E-state index is -0.151. The summed E-state index contributed by atoms with van der Waals surface area (Å²) in [5, 5.41) is 6.73. The van der Waals surface area contributed by atoms with Gasteiger partial charge in [0, 0.05) is 23.1 Å². The number of imide groups is 1. The molecule has 2 amide bonds. The van der Waals surface area contributed by atoms with E-state index < -0.39 is 0 Å². The normalized spacial score (nSPS) is 13.8. The fourth-order valence-electron chi connectivity index (χ4n) is 6.37. The number of amides is 2. The molecule has 1 heterocycles. The molecule has 2 aliphatic rings. The van der Waals surface area contributed by atoms with Crippen LogP contribution in [0.25, 0.3) is 54.6 Å². The molecule has 0 atom stereocenters. The monoisotopic (exact) mass is 483 g/mol. The Balaban J connectivity index is 1.30. The quantitative estimate of drug-likeness (QED) is 0.129. The number of fused-ring (bicyclic) bond motifs is 5. The molecule has 5 aromatic carbocycles. The van der Waals surface area contributed by atoms with Gasteiger partial charge in [-0.3, -0.25) is 14.5 Å². The van der Waals surface area contributed by atoms with E-state index >= 15 is 0 Å². The Hall–Kier alpha value is -3.98. The third-order valence-corrected chi connectivity index (χ3v) is 8.27. The van der Waals surface area contributed by atoms with Gasteiger partial charge >= 0.3 is 0 Å². The van der Waals surface area contributed by atoms with Crippen LogP contribution in [-0.4, -0.2) is 23.3 Å². The van der Waals surface area contributed by atoms with E-state index in [2.05, 4.69) is 67.6 Å². The van der Waals surface area contributed by atoms with Crippen LogP contribution in [0, 0.1) is 0 Å². The van der Waals surface area contributed by atoms with Gasteiger partial charge < -0.3 is 0 Å². The van der Waals surface area contributed by atoms with Crippen LogP contribution in [0.2, 0.25) is 0 Å². The van der Waals surface area contributed by atoms with Crippen LogP contribution < -0.4 is 0 Å². The first-order chi connectivity index (χ1) is 18.2. The number of hydrogen-bond acceptors (Lipinski definition) is 2. The maximum atomic E-state index is 13.5. The molecule has 0 saturated heterocycles. The minimum Gasteiger partial charge on any atom is -0.274 e. The Morgan fingerprint density at radius 2 is 1.00 bits per heavy atom. The number of nitrogens with zero attached hydrogens (tertiary/aromatic N) is 1. The second-order valence-corrected chi connectivity index (χ2v) is 10.5. The lowest BCUT2D eigenvalue weighted by Crippen LogP contribution is -2.40. The number of rotatable bonds is 7. The van der Waals surface area contributed by atoms with E-state index in [1.807, 2.05) is 12.1 Å². The zero-order valence-electron chi connectivity index (χ0n) is 21.1. The number of carbonyl (C=O) groups is 2. The molecule has 0 unspecified atom stereocenters. The zero-order valence-corrected chi connectivity index (χ0v) is 21.1. The topological polar surface area (TPSA) is 37.4 Å². The lowest BCUT2D eigenvalue weighted by atomic mass is 9.90. The van der Waals surface area contributed by atoms with Crippen molar-refractivity contribution in [3.8, 4) is 22.3 Å². The Morgan fingerprint density at radius 1 is 0.514 bits per heavy atom. The van der Waals surface area contributed by atoms with Crippen LogP contribution in [0.3, 0.4) is 0 Å². The van der Waals surface area contributed by atoms with Gasteiger partial charge in [-0.2, -0.15) is 0 Å². The third-order valence-electron chi connectivity index (χ3n) is 8.27. The Morgan fingerprint density at radius 3 is 1.57 bits per heavy atom. The Kier molecular flexibility index (Phi) is 5.14. The van der Waals surface area contributed by atoms with Crippen LogP contribution in [0.15, 0.2) is 72.8 Å². The molecule has 3 nitrogen and oxygen atoms in total. The summed E-state index contributed by atoms with van der Waals surface area (Å²) >= 11 is 0. The van der Waals surface area contributed by atoms with Crippen molar-refractivity contribution >= 4 is 44.1 Å². The van der Waals surface area contributed by atoms with Crippen molar-refractivity contribution in [2.24, 2.45) is 0 Å². The second-order valence-electron chi connectivity index (χ2n) is 10.5. The van der Waals surface area contributed by atoms with Gasteiger partial charge in [0.25, 0.3) is 11.8 Å². The van der Waals surface area contributed by atoms with Crippen molar-refractivity contribution in [1.82, 2.24) is 4.90 Å². The molecule has 5 aromatic rings. The van der Waals surface area contributed by atoms with Crippen molar-refractivity contribution in [3.63, 3.8) is 0 Å². The fourth-order valence-corrected chi connectivity index (χ4v) is 6.37. The highest BCUT2D eigenvalue weighted by atomic mass is 16.2. The smallest absolute Gasteiger partial charge is 0.261 e. The van der Waals surface area contributed by atoms with Gasteiger partial charge in [-0.1, -0.05) is 75.4 Å². The Bertz CT molecular complexity index is 1650. The van der Waals surface area contributed by atoms with Crippen LogP contribution in [-0.2, 0) is 0 Å². The molecule has 1 aliphatic carbocycles. The summed E-state index contributed by atoms with van der Waals surface area (Å²) in [5.74, 6) is -0.302. The van der Waals surface area contributed by atoms with Crippen LogP contribution in [0.1, 0.15) is 66.2 Å². The maximum Gasteiger partial charge on any atom is 0.261 e. The number of hydrogen-bond donors (Lipinski definition) is 0. The molecule has 0 fully saturated rings. The highest BCUT2D eigenvalue weighted by Crippen LogP contribution is 2.51. The van der Waals surface area contributed by atoms with E-state index in [0.717, 1.165) is 41.2 Å². The lowest BCUT2D eigenvalue weighted by molar-refractivity contribution is 0.0608. The third kappa shape index (κ3) is 3.33. The molecule has 0 bridgehead atoms. The molecule has 0 aromatic heterocycles. The van der Waals surface area contributed by atoms with Crippen molar-refractivity contribution in [1.29, 1.82) is 0 Å². The van der Waals surface area contributed by atoms with Gasteiger partial charge in [-0.15, -0.1) is 0 Å². The predicted molar refractivity (Wildman–Crippen MR) is 152 cm³/mol. The van der Waals surface area contributed by atoms with Gasteiger partial charge in [0.15, 0.2) is 0 Å². The first-order valence-electron chi connectivity index (χ1n) is 13.6. The molecule has 0 radical (unpaired) electrons. The van der Waals surface area contributed by atoms with Crippen LogP contribution in [0.5, 0.6) is 0 Å². The van der Waals surface area contributed by atoms with Crippen LogP contribution in [0.4, 0.5) is 0 Å². The highest BCUT2D eigenvalue weighted by molar-refractivity contribution is 6.31. The number of carbonyl (C=O) groups excluding carboxylic acids is 2. The molecule has 37 heavy (non-hydrogen) atoms. The van der Waals surface area contributed by atoms with E-state index in [1.54, 1.807) is 0 Å². The lowest BCUT2D eigenvalue weighted by Gasteiger charge is -2.27. The van der Waals surface area contributed by atoms with E-state index in [0.29, 0.717) is 17.7 Å². The zero-order chi connectivity index (χ0) is 25.1. The molecule has 0 spiro atoms. The number of unbranched alkanes of at least 4 members (excludes halogenated alkanes) is 5. The number of benzene rings is 5. The largest absolute Gasteiger partial charge is 0.274 e. The summed E-state index contributed by atoms with van der Waals surface area (Å²) in [6.45, 7) is 2.70. The summed E-state index contributed by atoms with van der Waals surface area (Å²) < 4.78 is 0. The van der Waals surface area contributed by atoms with Crippen molar-refractivity contribution in [3.05, 3.63) is 83.9 Å². The molecule has 3 heteroatoms. The predicted octanol–water partition coefficient (Wildman–Crippen LogP) is 8.75. The fraction of sp³-hybridized carbons (Fsp3) is 0.235. The summed E-state index contributed by atoms with van der Waals surface area (Å²) in [6, 6.07) is 25.5. The molecular weight excluding hydrogens is 454 g/mol. The van der Waals surface area contributed by atoms with E-state index in [4.69, 9.17) is 0 Å². The molecule has 7 rings (SSSR count). The minimum absolute atomic E-state index is 0.151. The molecular formula is C34H29NO2. The standard InChI is InChI=1S/C34H29NO2/c1-2-3-4-5-6-9-16-35-33(36)27-14-12-25-29-19-23-17-21-10-7-8-11-22(21)18-24(23)20-30(29)26-13-15-28(34(35)37)32(27)31(25)26/h7-8,10-15,17-20H,2-6,9,16H2,1H3. The second kappa shape index (κ2) is 8.55. The average molecular weight is 484 g/mol. The van der Waals surface area contributed by atoms with Crippen molar-refractivity contribution in [2.45, 2.75) is 45.4 Å². The molecule has 0 saturated carbocycles. The summed E-state index contributed by atoms with van der Waals surface area (Å²) in [5.41, 5.74) is 5.90. The average Bonchev–Trinajstić information content (AvgIpc) is 3.23. The van der Waals surface area contributed by atoms with Crippen LogP contribution >= 0.6 is 0 Å². The van der Waals surface area contributed by atoms with Gasteiger partial charge in [0.1, 0.15) is 0 Å². The van der Waals surface area contributed by atoms with E-state index in [9.17, 15) is 9.59 Å². The van der Waals surface area contributed by atoms with Gasteiger partial charge in [-0.05, 0) is 92.0 Å². The Labute approximate surface area is 216 Å². The molecule has 182 valence electrons. The van der Waals surface area contributed by atoms with Gasteiger partial charge in [0.05, 0.1) is 0 Å². The summed E-state index contributed by atoms with van der Waals surface area (Å²) in [6.07, 6.45) is 6.75. The molecule has 1 aliphatic heterocycles. The van der Waals surface area contributed by atoms with Crippen molar-refractivity contribution in [2.75, 3.05) is 6.54 Å². The van der Waals surface area contributed by atoms with Gasteiger partial charge in [0.2, 0.25) is 0 Å². The first-order valence-corrected chi connectivity index (χ1v) is 13.6. The highest BCUT2D eigenvalue weighted by Gasteiger charge is 2.35. The van der Waals surface area contributed by atoms with Gasteiger partial charge in [-0.25, -0.2) is 0 Å². The SMILES string of the molecule is CCCCCCCCN1C(=O)c2ccc3c4c(ccc(c24)C1=O)-c1cc2cc4ccccc4cc2cc1-3. The van der Waals surface area contributed by atoms with E-state index in [1.165, 1.54) is 56.8 Å². The summed E-state index contributed by atoms with van der Waals surface area (Å²) in [7, 11) is 0. The molecule has 0 N–H and O–H groups in total. The van der Waals surface area contributed by atoms with Crippen molar-refractivity contribution < 1.29 is 9.59 Å². The summed E-state index contributed by atoms with van der Waals surface area (Å²) in [4.78, 5) is 28.5. The first kappa shape index (κ1) is 22.2. The van der Waals surface area contributed by atoms with E-state index in [-0.39, 0.29) is 11.8 Å².